The molecule has 0 amide bonds. The zero-order valence-electron chi connectivity index (χ0n) is 7.16. The van der Waals surface area contributed by atoms with Gasteiger partial charge in [0.15, 0.2) is 0 Å². The fourth-order valence-electron chi connectivity index (χ4n) is 0.881. The van der Waals surface area contributed by atoms with Crippen LogP contribution in [-0.4, -0.2) is 9.86 Å². The van der Waals surface area contributed by atoms with Crippen LogP contribution in [0.5, 0.6) is 0 Å². The highest BCUT2D eigenvalue weighted by Gasteiger charge is 2.50. The van der Waals surface area contributed by atoms with Crippen LogP contribution in [0.1, 0.15) is 10.4 Å². The SMILES string of the molecule is O=C(c1ccccc1)C(Cl)(Cl)P(=O)(Cl)Cl. The van der Waals surface area contributed by atoms with E-state index in [4.69, 9.17) is 45.7 Å². The van der Waals surface area contributed by atoms with E-state index >= 15 is 0 Å². The van der Waals surface area contributed by atoms with E-state index in [1.807, 2.05) is 0 Å². The minimum Gasteiger partial charge on any atom is -0.290 e. The normalized spacial score (nSPS) is 12.5. The molecule has 0 aliphatic carbocycles. The minimum atomic E-state index is -3.96. The highest BCUT2D eigenvalue weighted by molar-refractivity contribution is 8.12. The third-order valence-corrected chi connectivity index (χ3v) is 6.82. The Balaban J connectivity index is 3.12. The maximum Gasteiger partial charge on any atom is 0.295 e. The van der Waals surface area contributed by atoms with E-state index in [1.54, 1.807) is 18.2 Å². The number of alkyl halides is 2. The summed E-state index contributed by atoms with van der Waals surface area (Å²) >= 11 is 21.8. The van der Waals surface area contributed by atoms with Crippen molar-refractivity contribution in [1.29, 1.82) is 0 Å². The van der Waals surface area contributed by atoms with Gasteiger partial charge in [-0.1, -0.05) is 53.5 Å². The zero-order chi connectivity index (χ0) is 11.7. The van der Waals surface area contributed by atoms with Gasteiger partial charge in [0.1, 0.15) is 0 Å². The first-order valence-corrected chi connectivity index (χ1v) is 8.01. The molecule has 0 radical (unpaired) electrons. The molecule has 0 aliphatic rings. The number of benzene rings is 1. The van der Waals surface area contributed by atoms with E-state index in [2.05, 4.69) is 0 Å². The summed E-state index contributed by atoms with van der Waals surface area (Å²) in [5, 5.41) is 0. The van der Waals surface area contributed by atoms with Crippen LogP contribution in [-0.2, 0) is 4.57 Å². The van der Waals surface area contributed by atoms with Crippen LogP contribution in [0.3, 0.4) is 0 Å². The maximum atomic E-state index is 11.7. The summed E-state index contributed by atoms with van der Waals surface area (Å²) in [5.74, 6) is -4.74. The average molecular weight is 306 g/mol. The van der Waals surface area contributed by atoms with Gasteiger partial charge in [-0.2, -0.15) is 0 Å². The van der Waals surface area contributed by atoms with Gasteiger partial charge in [-0.25, -0.2) is 0 Å². The molecule has 0 aliphatic heterocycles. The van der Waals surface area contributed by atoms with Crippen molar-refractivity contribution in [1.82, 2.24) is 0 Å². The number of hydrogen-bond donors (Lipinski definition) is 0. The van der Waals surface area contributed by atoms with E-state index in [1.165, 1.54) is 12.1 Å². The Morgan fingerprint density at radius 2 is 1.60 bits per heavy atom. The molecule has 0 bridgehead atoms. The van der Waals surface area contributed by atoms with Crippen LogP contribution in [0.2, 0.25) is 0 Å². The number of halogens is 4. The Bertz CT molecular complexity index is 412. The molecule has 1 aromatic carbocycles. The van der Waals surface area contributed by atoms with Crippen molar-refractivity contribution < 1.29 is 9.36 Å². The third kappa shape index (κ3) is 2.89. The topological polar surface area (TPSA) is 34.1 Å². The van der Waals surface area contributed by atoms with Gasteiger partial charge in [0, 0.05) is 5.56 Å². The smallest absolute Gasteiger partial charge is 0.290 e. The van der Waals surface area contributed by atoms with Crippen LogP contribution >= 0.6 is 51.5 Å². The van der Waals surface area contributed by atoms with E-state index in [0.29, 0.717) is 0 Å². The van der Waals surface area contributed by atoms with Crippen molar-refractivity contribution in [3.63, 3.8) is 0 Å². The summed E-state index contributed by atoms with van der Waals surface area (Å²) in [6.07, 6.45) is 0. The number of carbonyl (C=O) groups is 1. The maximum absolute atomic E-state index is 11.7. The summed E-state index contributed by atoms with van der Waals surface area (Å²) in [7, 11) is 0. The Labute approximate surface area is 106 Å². The molecule has 0 atom stereocenters. The Hall–Kier alpha value is 0.280. The van der Waals surface area contributed by atoms with Crippen molar-refractivity contribution >= 4 is 57.3 Å². The largest absolute Gasteiger partial charge is 0.295 e. The van der Waals surface area contributed by atoms with Crippen LogP contribution in [0.25, 0.3) is 0 Å². The molecule has 1 rings (SSSR count). The van der Waals surface area contributed by atoms with E-state index in [0.717, 1.165) is 0 Å². The monoisotopic (exact) mass is 304 g/mol. The van der Waals surface area contributed by atoms with E-state index in [-0.39, 0.29) is 5.56 Å². The summed E-state index contributed by atoms with van der Waals surface area (Å²) in [6, 6.07) is 7.90. The van der Waals surface area contributed by atoms with E-state index in [9.17, 15) is 9.36 Å². The molecule has 2 nitrogen and oxygen atoms in total. The van der Waals surface area contributed by atoms with Gasteiger partial charge in [-0.15, -0.1) is 0 Å². The molecule has 0 unspecified atom stereocenters. The number of hydrogen-bond acceptors (Lipinski definition) is 2. The molecule has 0 N–H and O–H groups in total. The molecule has 0 fully saturated rings. The predicted octanol–water partition coefficient (Wildman–Crippen LogP) is 4.67. The Kier molecular flexibility index (Phi) is 4.13. The fraction of sp³-hybridized carbons (Fsp3) is 0.125. The molecule has 0 saturated heterocycles. The lowest BCUT2D eigenvalue weighted by Crippen LogP contribution is -2.22. The molecule has 82 valence electrons. The standard InChI is InChI=1S/C8H5Cl4O2P/c9-8(10,15(11,12)14)7(13)6-4-2-1-3-5-6/h1-5H. The molecule has 0 heterocycles. The first-order chi connectivity index (χ1) is 6.77. The highest BCUT2D eigenvalue weighted by Crippen LogP contribution is 2.71. The molecule has 0 spiro atoms. The lowest BCUT2D eigenvalue weighted by molar-refractivity contribution is 0.0996. The predicted molar refractivity (Wildman–Crippen MR) is 64.5 cm³/mol. The first-order valence-electron chi connectivity index (χ1n) is 3.74. The Morgan fingerprint density at radius 1 is 1.13 bits per heavy atom. The summed E-state index contributed by atoms with van der Waals surface area (Å²) in [6.45, 7) is 0. The number of carbonyl (C=O) groups excluding carboxylic acids is 1. The molecular formula is C8H5Cl4O2P. The molecule has 0 saturated carbocycles. The zero-order valence-corrected chi connectivity index (χ0v) is 11.1. The first kappa shape index (κ1) is 13.3. The lowest BCUT2D eigenvalue weighted by atomic mass is 10.1. The van der Waals surface area contributed by atoms with E-state index < -0.39 is 15.7 Å². The summed E-state index contributed by atoms with van der Waals surface area (Å²) in [4.78, 5) is 11.7. The number of rotatable bonds is 3. The number of Topliss-reactive ketones (excluding diaryl/α,β-unsaturated/α-hetero) is 1. The second kappa shape index (κ2) is 4.65. The molecule has 15 heavy (non-hydrogen) atoms. The van der Waals surface area contributed by atoms with Gasteiger partial charge in [-0.05, 0) is 22.5 Å². The van der Waals surface area contributed by atoms with Crippen molar-refractivity contribution in [3.8, 4) is 0 Å². The van der Waals surface area contributed by atoms with Crippen LogP contribution in [0, 0.1) is 0 Å². The van der Waals surface area contributed by atoms with Crippen molar-refractivity contribution in [2.45, 2.75) is 4.07 Å². The van der Waals surface area contributed by atoms with Gasteiger partial charge in [0.05, 0.1) is 0 Å². The van der Waals surface area contributed by atoms with Crippen molar-refractivity contribution in [3.05, 3.63) is 35.9 Å². The van der Waals surface area contributed by atoms with Gasteiger partial charge in [-0.3, -0.25) is 9.36 Å². The fourth-order valence-corrected chi connectivity index (χ4v) is 1.93. The molecule has 0 aromatic heterocycles. The minimum absolute atomic E-state index is 0.198. The second-order valence-corrected chi connectivity index (χ2v) is 9.52. The van der Waals surface area contributed by atoms with Crippen molar-refractivity contribution in [2.75, 3.05) is 0 Å². The summed E-state index contributed by atoms with van der Waals surface area (Å²) < 4.78 is 8.99. The van der Waals surface area contributed by atoms with Gasteiger partial charge < -0.3 is 0 Å². The van der Waals surface area contributed by atoms with Crippen LogP contribution in [0.15, 0.2) is 30.3 Å². The quantitative estimate of drug-likeness (QED) is 0.462. The molecule has 7 heteroatoms. The molecular weight excluding hydrogens is 301 g/mol. The van der Waals surface area contributed by atoms with Crippen LogP contribution in [0.4, 0.5) is 0 Å². The van der Waals surface area contributed by atoms with Crippen molar-refractivity contribution in [2.24, 2.45) is 0 Å². The highest BCUT2D eigenvalue weighted by atomic mass is 35.9. The number of ketones is 1. The molecule has 1 aromatic rings. The average Bonchev–Trinajstić information content (AvgIpc) is 2.16. The van der Waals surface area contributed by atoms with Gasteiger partial charge >= 0.3 is 0 Å². The Morgan fingerprint density at radius 3 is 2.00 bits per heavy atom. The summed E-state index contributed by atoms with van der Waals surface area (Å²) in [5.41, 5.74) is 0.198. The lowest BCUT2D eigenvalue weighted by Gasteiger charge is -2.18. The van der Waals surface area contributed by atoms with Gasteiger partial charge in [0.25, 0.3) is 9.92 Å². The third-order valence-electron chi connectivity index (χ3n) is 1.64. The van der Waals surface area contributed by atoms with Gasteiger partial charge in [0.2, 0.25) is 5.78 Å². The second-order valence-electron chi connectivity index (χ2n) is 2.70. The van der Waals surface area contributed by atoms with Crippen LogP contribution < -0.4 is 0 Å².